The molecule has 5 nitrogen and oxygen atoms in total. The van der Waals surface area contributed by atoms with Crippen molar-refractivity contribution >= 4 is 16.9 Å². The number of pyridine rings is 1. The predicted molar refractivity (Wildman–Crippen MR) is 80.5 cm³/mol. The van der Waals surface area contributed by atoms with Crippen molar-refractivity contribution in [2.24, 2.45) is 0 Å². The number of hydrogen-bond acceptors (Lipinski definition) is 3. The van der Waals surface area contributed by atoms with E-state index in [0.29, 0.717) is 10.5 Å². The standard InChI is InChI=1S/C16H13FN2O3/c1-2-22-16(21)13-14(11-7-5-9-18-11)19(17)12-8-4-3-6-10(12)15(13)20/h3-9,18H,2H2,1H3. The first-order valence-electron chi connectivity index (χ1n) is 6.80. The van der Waals surface area contributed by atoms with Gasteiger partial charge in [0.2, 0.25) is 5.43 Å². The number of carbonyl (C=O) groups excluding carboxylic acids is 1. The van der Waals surface area contributed by atoms with Crippen LogP contribution in [0.2, 0.25) is 0 Å². The maximum absolute atomic E-state index is 14.8. The van der Waals surface area contributed by atoms with Gasteiger partial charge in [-0.15, -0.1) is 0 Å². The van der Waals surface area contributed by atoms with Crippen molar-refractivity contribution < 1.29 is 14.0 Å². The third kappa shape index (κ3) is 2.09. The summed E-state index contributed by atoms with van der Waals surface area (Å²) in [5.74, 6) is -0.839. The number of nitrogens with one attached hydrogen (secondary N) is 1. The van der Waals surface area contributed by atoms with Gasteiger partial charge in [-0.05, 0) is 31.2 Å². The van der Waals surface area contributed by atoms with Gasteiger partial charge in [0.15, 0.2) is 0 Å². The third-order valence-corrected chi connectivity index (χ3v) is 3.35. The number of H-pyrrole nitrogens is 1. The minimum atomic E-state index is -0.839. The van der Waals surface area contributed by atoms with Crippen molar-refractivity contribution in [1.82, 2.24) is 9.77 Å². The van der Waals surface area contributed by atoms with Crippen molar-refractivity contribution in [3.63, 3.8) is 0 Å². The Morgan fingerprint density at radius 1 is 1.27 bits per heavy atom. The average molecular weight is 300 g/mol. The first-order chi connectivity index (χ1) is 10.6. The van der Waals surface area contributed by atoms with Crippen molar-refractivity contribution in [2.45, 2.75) is 6.92 Å². The summed E-state index contributed by atoms with van der Waals surface area (Å²) in [5.41, 5.74) is -0.566. The number of aromatic nitrogens is 2. The highest BCUT2D eigenvalue weighted by atomic mass is 19.2. The monoisotopic (exact) mass is 300 g/mol. The predicted octanol–water partition coefficient (Wildman–Crippen LogP) is 2.91. The van der Waals surface area contributed by atoms with E-state index in [1.807, 2.05) is 0 Å². The summed E-state index contributed by atoms with van der Waals surface area (Å²) in [6.07, 6.45) is 1.59. The lowest BCUT2D eigenvalue weighted by Gasteiger charge is -2.12. The van der Waals surface area contributed by atoms with E-state index in [-0.39, 0.29) is 28.8 Å². The van der Waals surface area contributed by atoms with Gasteiger partial charge in [-0.2, -0.15) is 4.79 Å². The fraction of sp³-hybridized carbons (Fsp3) is 0.125. The second-order valence-electron chi connectivity index (χ2n) is 4.65. The summed E-state index contributed by atoms with van der Waals surface area (Å²) in [6.45, 7) is 1.72. The minimum Gasteiger partial charge on any atom is -0.462 e. The Morgan fingerprint density at radius 3 is 2.73 bits per heavy atom. The lowest BCUT2D eigenvalue weighted by atomic mass is 10.1. The molecule has 0 aliphatic heterocycles. The maximum Gasteiger partial charge on any atom is 0.344 e. The van der Waals surface area contributed by atoms with Crippen molar-refractivity contribution in [1.29, 1.82) is 0 Å². The summed E-state index contributed by atoms with van der Waals surface area (Å²) >= 11 is 0. The number of rotatable bonds is 3. The van der Waals surface area contributed by atoms with Crippen LogP contribution in [0, 0.1) is 0 Å². The number of nitrogens with zero attached hydrogens (tertiary/aromatic N) is 1. The Labute approximate surface area is 124 Å². The van der Waals surface area contributed by atoms with Crippen LogP contribution in [0.25, 0.3) is 22.3 Å². The van der Waals surface area contributed by atoms with Crippen LogP contribution in [0.3, 0.4) is 0 Å². The molecule has 0 aliphatic carbocycles. The van der Waals surface area contributed by atoms with Gasteiger partial charge in [0.05, 0.1) is 17.8 Å². The number of ether oxygens (including phenoxy) is 1. The van der Waals surface area contributed by atoms with Crippen LogP contribution in [-0.2, 0) is 4.74 Å². The van der Waals surface area contributed by atoms with E-state index in [1.165, 1.54) is 12.1 Å². The number of para-hydroxylation sites is 1. The molecule has 1 N–H and O–H groups in total. The highest BCUT2D eigenvalue weighted by Gasteiger charge is 2.25. The van der Waals surface area contributed by atoms with Gasteiger partial charge in [-0.25, -0.2) is 4.79 Å². The molecule has 0 aliphatic rings. The topological polar surface area (TPSA) is 64.1 Å². The SMILES string of the molecule is CCOC(=O)c1c(-c2ccc[nH]2)n(F)c2ccccc2c1=O. The lowest BCUT2D eigenvalue weighted by Crippen LogP contribution is -2.22. The van der Waals surface area contributed by atoms with E-state index in [9.17, 15) is 14.1 Å². The van der Waals surface area contributed by atoms with Gasteiger partial charge < -0.3 is 9.72 Å². The van der Waals surface area contributed by atoms with Crippen LogP contribution >= 0.6 is 0 Å². The van der Waals surface area contributed by atoms with E-state index >= 15 is 0 Å². The molecule has 2 heterocycles. The molecule has 0 radical (unpaired) electrons. The molecular formula is C16H13FN2O3. The zero-order valence-corrected chi connectivity index (χ0v) is 11.8. The lowest BCUT2D eigenvalue weighted by molar-refractivity contribution is 0.0524. The number of halogens is 1. The molecule has 6 heteroatoms. The van der Waals surface area contributed by atoms with Crippen LogP contribution < -0.4 is 5.43 Å². The van der Waals surface area contributed by atoms with E-state index in [1.54, 1.807) is 37.4 Å². The molecule has 0 atom stereocenters. The smallest absolute Gasteiger partial charge is 0.344 e. The van der Waals surface area contributed by atoms with Gasteiger partial charge in [0, 0.05) is 11.6 Å². The molecule has 0 amide bonds. The summed E-state index contributed by atoms with van der Waals surface area (Å²) in [7, 11) is 0. The van der Waals surface area contributed by atoms with E-state index in [4.69, 9.17) is 4.74 Å². The van der Waals surface area contributed by atoms with Gasteiger partial charge in [0.1, 0.15) is 11.3 Å². The number of hydrogen-bond donors (Lipinski definition) is 1. The molecular weight excluding hydrogens is 287 g/mol. The second-order valence-corrected chi connectivity index (χ2v) is 4.65. The molecule has 22 heavy (non-hydrogen) atoms. The molecule has 0 spiro atoms. The van der Waals surface area contributed by atoms with E-state index in [0.717, 1.165) is 0 Å². The molecule has 0 fully saturated rings. The van der Waals surface area contributed by atoms with Gasteiger partial charge in [-0.1, -0.05) is 16.6 Å². The van der Waals surface area contributed by atoms with Crippen LogP contribution in [0.1, 0.15) is 17.3 Å². The molecule has 0 bridgehead atoms. The molecule has 3 rings (SSSR count). The Morgan fingerprint density at radius 2 is 2.05 bits per heavy atom. The van der Waals surface area contributed by atoms with Crippen LogP contribution in [0.4, 0.5) is 4.48 Å². The van der Waals surface area contributed by atoms with Gasteiger partial charge >= 0.3 is 5.97 Å². The number of esters is 1. The Balaban J connectivity index is 2.45. The zero-order chi connectivity index (χ0) is 15.7. The maximum atomic E-state index is 14.8. The average Bonchev–Trinajstić information content (AvgIpc) is 3.04. The summed E-state index contributed by atoms with van der Waals surface area (Å²) in [4.78, 5) is 27.9. The van der Waals surface area contributed by atoms with Gasteiger partial charge in [0.25, 0.3) is 0 Å². The Hall–Kier alpha value is -2.89. The van der Waals surface area contributed by atoms with Crippen LogP contribution in [-0.4, -0.2) is 22.3 Å². The second kappa shape index (κ2) is 5.48. The summed E-state index contributed by atoms with van der Waals surface area (Å²) in [5, 5.41) is 0.128. The quantitative estimate of drug-likeness (QED) is 0.756. The number of fused-ring (bicyclic) bond motifs is 1. The zero-order valence-electron chi connectivity index (χ0n) is 11.8. The summed E-state index contributed by atoms with van der Waals surface area (Å²) < 4.78 is 19.7. The van der Waals surface area contributed by atoms with Crippen LogP contribution in [0.5, 0.6) is 0 Å². The molecule has 1 aromatic carbocycles. The summed E-state index contributed by atoms with van der Waals surface area (Å²) in [6, 6.07) is 9.45. The number of aromatic amines is 1. The molecule has 2 aromatic heterocycles. The first-order valence-corrected chi connectivity index (χ1v) is 6.80. The highest BCUT2D eigenvalue weighted by Crippen LogP contribution is 2.25. The van der Waals surface area contributed by atoms with Crippen LogP contribution in [0.15, 0.2) is 47.4 Å². The molecule has 0 unspecified atom stereocenters. The van der Waals surface area contributed by atoms with E-state index in [2.05, 4.69) is 4.98 Å². The molecule has 3 aromatic rings. The molecule has 0 saturated carbocycles. The van der Waals surface area contributed by atoms with Crippen molar-refractivity contribution in [3.8, 4) is 11.4 Å². The number of benzene rings is 1. The van der Waals surface area contributed by atoms with Crippen molar-refractivity contribution in [2.75, 3.05) is 6.61 Å². The molecule has 0 saturated heterocycles. The van der Waals surface area contributed by atoms with Crippen molar-refractivity contribution in [3.05, 3.63) is 58.4 Å². The first kappa shape index (κ1) is 14.1. The number of carbonyl (C=O) groups is 1. The minimum absolute atomic E-state index is 0.0988. The Kier molecular flexibility index (Phi) is 3.50. The normalized spacial score (nSPS) is 10.8. The largest absolute Gasteiger partial charge is 0.462 e. The third-order valence-electron chi connectivity index (χ3n) is 3.35. The highest BCUT2D eigenvalue weighted by molar-refractivity contribution is 6.00. The van der Waals surface area contributed by atoms with E-state index < -0.39 is 11.4 Å². The fourth-order valence-corrected chi connectivity index (χ4v) is 2.41. The molecule has 112 valence electrons. The van der Waals surface area contributed by atoms with Gasteiger partial charge in [-0.3, -0.25) is 4.79 Å². The fourth-order valence-electron chi connectivity index (χ4n) is 2.41. The Bertz CT molecular complexity index is 898.